The molecule has 0 radical (unpaired) electrons. The van der Waals surface area contributed by atoms with Crippen molar-refractivity contribution in [2.45, 2.75) is 20.0 Å². The van der Waals surface area contributed by atoms with E-state index in [1.165, 1.54) is 6.08 Å². The summed E-state index contributed by atoms with van der Waals surface area (Å²) in [4.78, 5) is 13.7. The van der Waals surface area contributed by atoms with Gasteiger partial charge in [0.25, 0.3) is 6.08 Å². The molecule has 3 nitrogen and oxygen atoms in total. The highest BCUT2D eigenvalue weighted by Crippen LogP contribution is 1.83. The van der Waals surface area contributed by atoms with Crippen LogP contribution in [0.4, 0.5) is 0 Å². The van der Waals surface area contributed by atoms with Crippen LogP contribution in [0.3, 0.4) is 0 Å². The summed E-state index contributed by atoms with van der Waals surface area (Å²) >= 11 is 0. The summed E-state index contributed by atoms with van der Waals surface area (Å²) in [6.07, 6.45) is 1.23. The molecular formula is C4H11NO2Si. The molecule has 0 unspecified atom stereocenters. The molecule has 0 saturated heterocycles. The van der Waals surface area contributed by atoms with E-state index in [-0.39, 0.29) is 17.1 Å². The van der Waals surface area contributed by atoms with E-state index >= 15 is 0 Å². The van der Waals surface area contributed by atoms with Crippen LogP contribution in [0.15, 0.2) is 5.16 Å². The minimum Gasteiger partial charge on any atom is -0.383 e. The monoisotopic (exact) mass is 133 g/mol. The Hall–Kier alpha value is -0.603. The highest BCUT2D eigenvalue weighted by Gasteiger charge is 1.84. The number of isocyanates is 1. The Labute approximate surface area is 52.7 Å². The lowest BCUT2D eigenvalue weighted by Gasteiger charge is -1.95. The summed E-state index contributed by atoms with van der Waals surface area (Å²) in [5.74, 6) is 0. The van der Waals surface area contributed by atoms with Crippen molar-refractivity contribution in [3.8, 4) is 0 Å². The highest BCUT2D eigenvalue weighted by atomic mass is 28.1. The first-order valence-electron chi connectivity index (χ1n) is 2.00. The average Bonchev–Trinajstić information content (AvgIpc) is 1.61. The maximum absolute atomic E-state index is 9.29. The van der Waals surface area contributed by atoms with Crippen LogP contribution in [-0.2, 0) is 9.63 Å². The zero-order valence-electron chi connectivity index (χ0n) is 4.34. The third-order valence-electron chi connectivity index (χ3n) is 0.301. The largest absolute Gasteiger partial charge is 0.383 e. The third kappa shape index (κ3) is 9.04. The highest BCUT2D eigenvalue weighted by molar-refractivity contribution is 5.75. The fourth-order valence-corrected chi connectivity index (χ4v) is 0.127. The fourth-order valence-electron chi connectivity index (χ4n) is 0.127. The van der Waals surface area contributed by atoms with Gasteiger partial charge in [0.05, 0.1) is 0 Å². The van der Waals surface area contributed by atoms with Gasteiger partial charge in [-0.25, -0.2) is 4.79 Å². The SMILES string of the molecule is CC(C)ON=C=O.[SiH4]. The molecule has 0 heterocycles. The number of rotatable bonds is 2. The van der Waals surface area contributed by atoms with Crippen molar-refractivity contribution in [1.29, 1.82) is 0 Å². The van der Waals surface area contributed by atoms with Crippen molar-refractivity contribution in [1.82, 2.24) is 0 Å². The number of carbonyl (C=O) groups excluding carboxylic acids is 1. The van der Waals surface area contributed by atoms with E-state index < -0.39 is 0 Å². The molecule has 0 aromatic rings. The Kier molecular flexibility index (Phi) is 8.31. The van der Waals surface area contributed by atoms with Crippen molar-refractivity contribution < 1.29 is 9.63 Å². The number of hydrogen-bond donors (Lipinski definition) is 0. The fraction of sp³-hybridized carbons (Fsp3) is 0.750. The second-order valence-corrected chi connectivity index (χ2v) is 1.34. The van der Waals surface area contributed by atoms with Crippen LogP contribution in [0.1, 0.15) is 13.8 Å². The van der Waals surface area contributed by atoms with Crippen LogP contribution in [0.25, 0.3) is 0 Å². The minimum absolute atomic E-state index is 0. The average molecular weight is 133 g/mol. The molecule has 0 spiro atoms. The Morgan fingerprint density at radius 3 is 2.25 bits per heavy atom. The lowest BCUT2D eigenvalue weighted by Crippen LogP contribution is -1.94. The predicted molar refractivity (Wildman–Crippen MR) is 35.7 cm³/mol. The Morgan fingerprint density at radius 2 is 2.12 bits per heavy atom. The van der Waals surface area contributed by atoms with E-state index in [9.17, 15) is 4.79 Å². The molecule has 0 amide bonds. The van der Waals surface area contributed by atoms with E-state index in [1.807, 2.05) is 0 Å². The molecule has 0 N–H and O–H groups in total. The van der Waals surface area contributed by atoms with Crippen molar-refractivity contribution in [2.24, 2.45) is 5.16 Å². The summed E-state index contributed by atoms with van der Waals surface area (Å²) < 4.78 is 0. The Morgan fingerprint density at radius 1 is 1.62 bits per heavy atom. The van der Waals surface area contributed by atoms with Crippen molar-refractivity contribution >= 4 is 17.0 Å². The zero-order chi connectivity index (χ0) is 5.70. The van der Waals surface area contributed by atoms with E-state index in [0.29, 0.717) is 0 Å². The summed E-state index contributed by atoms with van der Waals surface area (Å²) in [5.41, 5.74) is 0. The first-order valence-corrected chi connectivity index (χ1v) is 2.00. The quantitative estimate of drug-likeness (QED) is 0.214. The standard InChI is InChI=1S/C4H7NO2.H4Si/c1-4(2)7-5-3-6;/h4H,1-2H3;1H4. The third-order valence-corrected chi connectivity index (χ3v) is 0.301. The molecule has 0 aliphatic carbocycles. The molecule has 0 saturated carbocycles. The molecule has 0 rings (SSSR count). The second-order valence-electron chi connectivity index (χ2n) is 1.34. The maximum atomic E-state index is 9.29. The number of nitrogens with zero attached hydrogens (tertiary/aromatic N) is 1. The molecule has 48 valence electrons. The van der Waals surface area contributed by atoms with Gasteiger partial charge >= 0.3 is 0 Å². The van der Waals surface area contributed by atoms with Crippen LogP contribution in [0.5, 0.6) is 0 Å². The molecule has 0 aromatic heterocycles. The summed E-state index contributed by atoms with van der Waals surface area (Å²) in [6.45, 7) is 3.56. The van der Waals surface area contributed by atoms with Gasteiger partial charge in [-0.05, 0) is 24.8 Å². The Balaban J connectivity index is 0. The van der Waals surface area contributed by atoms with Gasteiger partial charge in [0.1, 0.15) is 6.10 Å². The summed E-state index contributed by atoms with van der Waals surface area (Å²) in [7, 11) is 0. The van der Waals surface area contributed by atoms with Crippen LogP contribution in [0, 0.1) is 0 Å². The van der Waals surface area contributed by atoms with Crippen LogP contribution < -0.4 is 0 Å². The smallest absolute Gasteiger partial charge is 0.276 e. The van der Waals surface area contributed by atoms with Gasteiger partial charge in [-0.15, -0.1) is 0 Å². The first-order chi connectivity index (χ1) is 3.27. The topological polar surface area (TPSA) is 38.7 Å². The summed E-state index contributed by atoms with van der Waals surface area (Å²) in [6, 6.07) is 0. The van der Waals surface area contributed by atoms with Crippen molar-refractivity contribution in [3.05, 3.63) is 0 Å². The van der Waals surface area contributed by atoms with Gasteiger partial charge in [-0.2, -0.15) is 0 Å². The van der Waals surface area contributed by atoms with Gasteiger partial charge in [0.2, 0.25) is 0 Å². The molecule has 0 aliphatic heterocycles. The molecule has 0 atom stereocenters. The van der Waals surface area contributed by atoms with Gasteiger partial charge in [-0.3, -0.25) is 0 Å². The van der Waals surface area contributed by atoms with E-state index in [1.54, 1.807) is 13.8 Å². The molecule has 0 fully saturated rings. The van der Waals surface area contributed by atoms with E-state index in [4.69, 9.17) is 0 Å². The molecule has 4 heteroatoms. The predicted octanol–water partition coefficient (Wildman–Crippen LogP) is -0.789. The van der Waals surface area contributed by atoms with Crippen molar-refractivity contribution in [2.75, 3.05) is 0 Å². The van der Waals surface area contributed by atoms with Crippen LogP contribution in [-0.4, -0.2) is 23.1 Å². The first kappa shape index (κ1) is 10.4. The molecule has 0 aromatic carbocycles. The minimum atomic E-state index is -0.0264. The normalized spacial score (nSPS) is 6.88. The van der Waals surface area contributed by atoms with Crippen LogP contribution >= 0.6 is 0 Å². The van der Waals surface area contributed by atoms with Gasteiger partial charge < -0.3 is 4.84 Å². The molecular weight excluding hydrogens is 122 g/mol. The lowest BCUT2D eigenvalue weighted by atomic mass is 10.5. The van der Waals surface area contributed by atoms with Gasteiger partial charge in [0.15, 0.2) is 0 Å². The van der Waals surface area contributed by atoms with Crippen molar-refractivity contribution in [3.63, 3.8) is 0 Å². The van der Waals surface area contributed by atoms with E-state index in [2.05, 4.69) is 9.99 Å². The van der Waals surface area contributed by atoms with Gasteiger partial charge in [0, 0.05) is 5.16 Å². The molecule has 0 bridgehead atoms. The molecule has 8 heavy (non-hydrogen) atoms. The Bertz CT molecular complexity index is 88.0. The van der Waals surface area contributed by atoms with E-state index in [0.717, 1.165) is 0 Å². The van der Waals surface area contributed by atoms with Crippen LogP contribution in [0.2, 0.25) is 0 Å². The number of hydrogen-bond acceptors (Lipinski definition) is 3. The lowest BCUT2D eigenvalue weighted by molar-refractivity contribution is 0.0857. The maximum Gasteiger partial charge on any atom is 0.276 e. The summed E-state index contributed by atoms with van der Waals surface area (Å²) in [5, 5.41) is 2.87. The second kappa shape index (κ2) is 6.40. The van der Waals surface area contributed by atoms with Gasteiger partial charge in [-0.1, -0.05) is 0 Å². The molecule has 0 aliphatic rings. The zero-order valence-corrected chi connectivity index (χ0v) is 4.34.